The molecule has 2 amide bonds. The summed E-state index contributed by atoms with van der Waals surface area (Å²) < 4.78 is 0. The zero-order valence-electron chi connectivity index (χ0n) is 10.3. The largest absolute Gasteiger partial charge is 0.394 e. The molecule has 1 saturated heterocycles. The van der Waals surface area contributed by atoms with Gasteiger partial charge in [0, 0.05) is 0 Å². The Morgan fingerprint density at radius 2 is 1.76 bits per heavy atom. The van der Waals surface area contributed by atoms with Crippen molar-refractivity contribution >= 4 is 11.8 Å². The maximum Gasteiger partial charge on any atom is 0.234 e. The van der Waals surface area contributed by atoms with Gasteiger partial charge in [0.05, 0.1) is 24.0 Å². The highest BCUT2D eigenvalue weighted by atomic mass is 16.3. The molecule has 2 aliphatic rings. The van der Waals surface area contributed by atoms with Crippen molar-refractivity contribution in [2.24, 2.45) is 11.8 Å². The number of likely N-dealkylation sites (tertiary alicyclic amines) is 1. The Labute approximate surface area is 101 Å². The van der Waals surface area contributed by atoms with Gasteiger partial charge in [-0.05, 0) is 26.2 Å². The lowest BCUT2D eigenvalue weighted by atomic mass is 9.85. The number of aliphatic hydroxyl groups is 1. The summed E-state index contributed by atoms with van der Waals surface area (Å²) in [7, 11) is 0. The summed E-state index contributed by atoms with van der Waals surface area (Å²) in [5.74, 6) is -0.625. The maximum atomic E-state index is 12.3. The maximum absolute atomic E-state index is 12.3. The summed E-state index contributed by atoms with van der Waals surface area (Å²) in [6, 6.07) is 0. The molecule has 94 valence electrons. The molecule has 17 heavy (non-hydrogen) atoms. The summed E-state index contributed by atoms with van der Waals surface area (Å²) in [6.45, 7) is 3.48. The molecular weight excluding hydrogens is 218 g/mol. The minimum Gasteiger partial charge on any atom is -0.394 e. The highest BCUT2D eigenvalue weighted by molar-refractivity contribution is 6.06. The molecule has 0 spiro atoms. The monoisotopic (exact) mass is 237 g/mol. The smallest absolute Gasteiger partial charge is 0.234 e. The van der Waals surface area contributed by atoms with Crippen molar-refractivity contribution in [1.82, 2.24) is 4.90 Å². The first-order valence-electron chi connectivity index (χ1n) is 6.19. The van der Waals surface area contributed by atoms with Crippen LogP contribution in [0.2, 0.25) is 0 Å². The van der Waals surface area contributed by atoms with E-state index in [1.54, 1.807) is 6.92 Å². The van der Waals surface area contributed by atoms with Gasteiger partial charge in [-0.3, -0.25) is 14.5 Å². The van der Waals surface area contributed by atoms with E-state index in [0.717, 1.165) is 0 Å². The number of nitrogens with zero attached hydrogens (tertiary/aromatic N) is 1. The van der Waals surface area contributed by atoms with E-state index in [0.29, 0.717) is 19.3 Å². The first-order chi connectivity index (χ1) is 8.05. The zero-order valence-corrected chi connectivity index (χ0v) is 10.3. The summed E-state index contributed by atoms with van der Waals surface area (Å²) in [4.78, 5) is 25.9. The van der Waals surface area contributed by atoms with E-state index in [4.69, 9.17) is 0 Å². The lowest BCUT2D eigenvalue weighted by Crippen LogP contribution is -2.52. The number of imide groups is 1. The third-order valence-corrected chi connectivity index (χ3v) is 4.15. The number of amides is 2. The van der Waals surface area contributed by atoms with Gasteiger partial charge in [-0.25, -0.2) is 0 Å². The minimum atomic E-state index is -0.745. The van der Waals surface area contributed by atoms with E-state index < -0.39 is 5.54 Å². The van der Waals surface area contributed by atoms with Gasteiger partial charge in [0.2, 0.25) is 11.8 Å². The molecule has 1 fully saturated rings. The number of carbonyl (C=O) groups is 2. The lowest BCUT2D eigenvalue weighted by Gasteiger charge is -2.35. The van der Waals surface area contributed by atoms with E-state index in [1.807, 2.05) is 19.1 Å². The predicted octanol–water partition coefficient (Wildman–Crippen LogP) is 1.10. The second-order valence-corrected chi connectivity index (χ2v) is 5.18. The Bertz CT molecular complexity index is 345. The molecule has 3 atom stereocenters. The Kier molecular flexibility index (Phi) is 3.08. The normalized spacial score (nSPS) is 31.6. The third kappa shape index (κ3) is 1.71. The standard InChI is InChI=1S/C13H19NO3/c1-3-13(2,8-15)14-11(16)9-6-4-5-7-10(9)12(14)17/h4-5,9-10,15H,3,6-8H2,1-2H3/t9-,10+,13?. The van der Waals surface area contributed by atoms with E-state index in [9.17, 15) is 14.7 Å². The van der Waals surface area contributed by atoms with Crippen LogP contribution in [0.3, 0.4) is 0 Å². The van der Waals surface area contributed by atoms with Crippen LogP contribution in [0.15, 0.2) is 12.2 Å². The molecule has 4 nitrogen and oxygen atoms in total. The van der Waals surface area contributed by atoms with Gasteiger partial charge in [-0.2, -0.15) is 0 Å². The molecule has 0 radical (unpaired) electrons. The van der Waals surface area contributed by atoms with Gasteiger partial charge in [-0.1, -0.05) is 19.1 Å². The molecule has 0 saturated carbocycles. The molecule has 1 heterocycles. The minimum absolute atomic E-state index is 0.109. The average Bonchev–Trinajstić information content (AvgIpc) is 2.62. The van der Waals surface area contributed by atoms with Gasteiger partial charge < -0.3 is 5.11 Å². The molecule has 1 N–H and O–H groups in total. The van der Waals surface area contributed by atoms with Crippen LogP contribution < -0.4 is 0 Å². The van der Waals surface area contributed by atoms with Crippen molar-refractivity contribution < 1.29 is 14.7 Å². The van der Waals surface area contributed by atoms with Crippen LogP contribution in [0.25, 0.3) is 0 Å². The molecule has 0 bridgehead atoms. The summed E-state index contributed by atoms with van der Waals surface area (Å²) in [5.41, 5.74) is -0.745. The number of fused-ring (bicyclic) bond motifs is 1. The molecule has 1 aliphatic carbocycles. The quantitative estimate of drug-likeness (QED) is 0.590. The fourth-order valence-electron chi connectivity index (χ4n) is 2.67. The van der Waals surface area contributed by atoms with Crippen molar-refractivity contribution in [2.45, 2.75) is 38.6 Å². The Balaban J connectivity index is 2.32. The summed E-state index contributed by atoms with van der Waals surface area (Å²) in [5, 5.41) is 9.45. The predicted molar refractivity (Wildman–Crippen MR) is 63.0 cm³/mol. The molecule has 1 aliphatic heterocycles. The van der Waals surface area contributed by atoms with Crippen LogP contribution in [0, 0.1) is 11.8 Å². The molecule has 2 rings (SSSR count). The van der Waals surface area contributed by atoms with Gasteiger partial charge in [0.25, 0.3) is 0 Å². The van der Waals surface area contributed by atoms with E-state index in [2.05, 4.69) is 0 Å². The topological polar surface area (TPSA) is 57.6 Å². The van der Waals surface area contributed by atoms with E-state index >= 15 is 0 Å². The van der Waals surface area contributed by atoms with Crippen LogP contribution in [0.1, 0.15) is 33.1 Å². The summed E-state index contributed by atoms with van der Waals surface area (Å²) in [6.07, 6.45) is 5.82. The fraction of sp³-hybridized carbons (Fsp3) is 0.692. The van der Waals surface area contributed by atoms with Gasteiger partial charge >= 0.3 is 0 Å². The van der Waals surface area contributed by atoms with Crippen molar-refractivity contribution in [3.05, 3.63) is 12.2 Å². The Morgan fingerprint density at radius 1 is 1.29 bits per heavy atom. The van der Waals surface area contributed by atoms with Crippen molar-refractivity contribution in [2.75, 3.05) is 6.61 Å². The second-order valence-electron chi connectivity index (χ2n) is 5.18. The van der Waals surface area contributed by atoms with Crippen LogP contribution in [-0.2, 0) is 9.59 Å². The fourth-order valence-corrected chi connectivity index (χ4v) is 2.67. The third-order valence-electron chi connectivity index (χ3n) is 4.15. The van der Waals surface area contributed by atoms with Gasteiger partial charge in [0.1, 0.15) is 0 Å². The SMILES string of the molecule is CCC(C)(CO)N1C(=O)[C@H]2CC=CC[C@H]2C1=O. The molecule has 1 unspecified atom stereocenters. The lowest BCUT2D eigenvalue weighted by molar-refractivity contribution is -0.148. The van der Waals surface area contributed by atoms with Crippen molar-refractivity contribution in [3.8, 4) is 0 Å². The van der Waals surface area contributed by atoms with E-state index in [-0.39, 0.29) is 30.3 Å². The van der Waals surface area contributed by atoms with E-state index in [1.165, 1.54) is 4.90 Å². The average molecular weight is 237 g/mol. The number of hydrogen-bond donors (Lipinski definition) is 1. The first-order valence-corrected chi connectivity index (χ1v) is 6.19. The van der Waals surface area contributed by atoms with Crippen molar-refractivity contribution in [3.63, 3.8) is 0 Å². The van der Waals surface area contributed by atoms with Crippen LogP contribution in [0.5, 0.6) is 0 Å². The Morgan fingerprint density at radius 3 is 2.12 bits per heavy atom. The molecule has 4 heteroatoms. The summed E-state index contributed by atoms with van der Waals surface area (Å²) >= 11 is 0. The number of hydrogen-bond acceptors (Lipinski definition) is 3. The zero-order chi connectivity index (χ0) is 12.6. The molecular formula is C13H19NO3. The molecule has 0 aromatic rings. The molecule has 0 aromatic heterocycles. The van der Waals surface area contributed by atoms with Gasteiger partial charge in [0.15, 0.2) is 0 Å². The van der Waals surface area contributed by atoms with Crippen LogP contribution in [-0.4, -0.2) is 34.0 Å². The second kappa shape index (κ2) is 4.26. The van der Waals surface area contributed by atoms with Crippen LogP contribution >= 0.6 is 0 Å². The van der Waals surface area contributed by atoms with Gasteiger partial charge in [-0.15, -0.1) is 0 Å². The van der Waals surface area contributed by atoms with Crippen LogP contribution in [0.4, 0.5) is 0 Å². The highest BCUT2D eigenvalue weighted by Gasteiger charge is 2.52. The van der Waals surface area contributed by atoms with Crippen molar-refractivity contribution in [1.29, 1.82) is 0 Å². The highest BCUT2D eigenvalue weighted by Crippen LogP contribution is 2.39. The number of allylic oxidation sites excluding steroid dienone is 2. The number of carbonyl (C=O) groups excluding carboxylic acids is 2. The number of rotatable bonds is 3. The first kappa shape index (κ1) is 12.3. The molecule has 0 aromatic carbocycles. The number of aliphatic hydroxyl groups excluding tert-OH is 1. The Hall–Kier alpha value is -1.16.